The highest BCUT2D eigenvalue weighted by Crippen LogP contribution is 2.51. The van der Waals surface area contributed by atoms with Crippen LogP contribution in [0.2, 0.25) is 0 Å². The van der Waals surface area contributed by atoms with Gasteiger partial charge in [-0.25, -0.2) is 0 Å². The molecule has 15 heteroatoms. The molecule has 2 unspecified atom stereocenters. The van der Waals surface area contributed by atoms with Gasteiger partial charge in [-0.2, -0.15) is 52.7 Å². The van der Waals surface area contributed by atoms with Crippen molar-refractivity contribution in [3.63, 3.8) is 0 Å². The number of nitrogens with two attached hydrogens (primary N) is 1. The van der Waals surface area contributed by atoms with E-state index in [9.17, 15) is 57.5 Å². The zero-order valence-corrected chi connectivity index (χ0v) is 16.5. The molecule has 0 spiro atoms. The predicted octanol–water partition coefficient (Wildman–Crippen LogP) is 6.38. The van der Waals surface area contributed by atoms with Gasteiger partial charge in [0.2, 0.25) is 0 Å². The maximum atomic E-state index is 13.6. The lowest BCUT2D eigenvalue weighted by molar-refractivity contribution is -0.176. The van der Waals surface area contributed by atoms with Gasteiger partial charge in [0.15, 0.2) is 0 Å². The number of hydrogen-bond acceptors (Lipinski definition) is 2. The van der Waals surface area contributed by atoms with Crippen LogP contribution in [-0.2, 0) is 35.9 Å². The summed E-state index contributed by atoms with van der Waals surface area (Å²) in [5, 5.41) is 9.01. The molecular formula is C18H17F12NO2. The summed E-state index contributed by atoms with van der Waals surface area (Å²) in [6.45, 7) is 0.639. The van der Waals surface area contributed by atoms with Gasteiger partial charge in [0.05, 0.1) is 28.2 Å². The molecule has 0 radical (unpaired) electrons. The molecule has 0 saturated heterocycles. The second-order valence-corrected chi connectivity index (χ2v) is 7.18. The van der Waals surface area contributed by atoms with Gasteiger partial charge in [-0.1, -0.05) is 13.3 Å². The Hall–Kier alpha value is -2.19. The summed E-state index contributed by atoms with van der Waals surface area (Å²) < 4.78 is 161. The van der Waals surface area contributed by atoms with E-state index in [-0.39, 0.29) is 6.42 Å². The highest BCUT2D eigenvalue weighted by molar-refractivity contribution is 5.70. The van der Waals surface area contributed by atoms with Gasteiger partial charge >= 0.3 is 30.7 Å². The molecule has 0 aliphatic carbocycles. The third kappa shape index (κ3) is 6.90. The Morgan fingerprint density at radius 2 is 1.30 bits per heavy atom. The number of carboxylic acids is 1. The minimum atomic E-state index is -6.31. The summed E-state index contributed by atoms with van der Waals surface area (Å²) in [7, 11) is 0. The topological polar surface area (TPSA) is 63.3 Å². The quantitative estimate of drug-likeness (QED) is 0.421. The Bertz CT molecular complexity index is 852. The van der Waals surface area contributed by atoms with Crippen LogP contribution >= 0.6 is 0 Å². The Balaban J connectivity index is 4.06. The Labute approximate surface area is 178 Å². The van der Waals surface area contributed by atoms with E-state index >= 15 is 0 Å². The van der Waals surface area contributed by atoms with Crippen molar-refractivity contribution in [2.45, 2.75) is 50.9 Å². The molecule has 2 atom stereocenters. The second kappa shape index (κ2) is 9.58. The number of alkyl halides is 12. The number of hydrogen-bond donors (Lipinski definition) is 2. The van der Waals surface area contributed by atoms with Crippen molar-refractivity contribution < 1.29 is 62.6 Å². The maximum Gasteiger partial charge on any atom is 0.417 e. The fraction of sp³-hybridized carbons (Fsp3) is 0.611. The van der Waals surface area contributed by atoms with Crippen LogP contribution < -0.4 is 5.73 Å². The zero-order chi connectivity index (χ0) is 26.2. The van der Waals surface area contributed by atoms with Crippen LogP contribution in [0.5, 0.6) is 0 Å². The number of carbonyl (C=O) groups is 1. The van der Waals surface area contributed by atoms with Crippen LogP contribution in [0.15, 0.2) is 6.07 Å². The van der Waals surface area contributed by atoms with E-state index < -0.39 is 95.8 Å². The van der Waals surface area contributed by atoms with Crippen molar-refractivity contribution in [2.75, 3.05) is 6.54 Å². The highest BCUT2D eigenvalue weighted by Gasteiger charge is 2.54. The Kier molecular flexibility index (Phi) is 8.38. The van der Waals surface area contributed by atoms with Crippen molar-refractivity contribution >= 4 is 5.97 Å². The van der Waals surface area contributed by atoms with Crippen LogP contribution in [0, 0.1) is 11.8 Å². The first-order valence-corrected chi connectivity index (χ1v) is 9.07. The smallest absolute Gasteiger partial charge is 0.417 e. The minimum absolute atomic E-state index is 0.291. The molecule has 1 rings (SSSR count). The lowest BCUT2D eigenvalue weighted by Crippen LogP contribution is -2.30. The molecule has 3 N–H and O–H groups in total. The zero-order valence-electron chi connectivity index (χ0n) is 16.5. The van der Waals surface area contributed by atoms with Crippen molar-refractivity contribution in [3.05, 3.63) is 33.9 Å². The van der Waals surface area contributed by atoms with Crippen LogP contribution in [-0.4, -0.2) is 17.6 Å². The summed E-state index contributed by atoms with van der Waals surface area (Å²) in [6.07, 6.45) is -26.9. The van der Waals surface area contributed by atoms with Crippen molar-refractivity contribution in [1.29, 1.82) is 0 Å². The number of benzene rings is 1. The van der Waals surface area contributed by atoms with Gasteiger partial charge in [-0.3, -0.25) is 4.79 Å². The standard InChI is InChI=1S/C18H17F12NO2/c1-2-7(3-8(6-31)14(32)33)4-9-10(15(19,20)21)5-11(16(22,23)24)13(18(28,29)30)12(9)17(25,26)27/h5,7-8H,2-4,6,31H2,1H3,(H,32,33). The molecular weight excluding hydrogens is 490 g/mol. The number of carboxylic acid groups (broad SMARTS) is 1. The molecule has 0 amide bonds. The van der Waals surface area contributed by atoms with Gasteiger partial charge < -0.3 is 10.8 Å². The Morgan fingerprint density at radius 1 is 0.848 bits per heavy atom. The summed E-state index contributed by atoms with van der Waals surface area (Å²) in [6, 6.07) is -0.988. The predicted molar refractivity (Wildman–Crippen MR) is 88.7 cm³/mol. The lowest BCUT2D eigenvalue weighted by atomic mass is 9.81. The largest absolute Gasteiger partial charge is 0.481 e. The first-order chi connectivity index (χ1) is 14.7. The lowest BCUT2D eigenvalue weighted by Gasteiger charge is -2.28. The summed E-state index contributed by atoms with van der Waals surface area (Å²) in [4.78, 5) is 11.1. The summed E-state index contributed by atoms with van der Waals surface area (Å²) >= 11 is 0. The molecule has 0 bridgehead atoms. The molecule has 33 heavy (non-hydrogen) atoms. The molecule has 0 aliphatic rings. The van der Waals surface area contributed by atoms with Gasteiger partial charge in [-0.15, -0.1) is 0 Å². The second-order valence-electron chi connectivity index (χ2n) is 7.18. The molecule has 3 nitrogen and oxygen atoms in total. The Morgan fingerprint density at radius 3 is 1.61 bits per heavy atom. The van der Waals surface area contributed by atoms with Crippen molar-refractivity contribution in [1.82, 2.24) is 0 Å². The molecule has 0 heterocycles. The van der Waals surface area contributed by atoms with Crippen LogP contribution in [0.25, 0.3) is 0 Å². The highest BCUT2D eigenvalue weighted by atomic mass is 19.4. The minimum Gasteiger partial charge on any atom is -0.481 e. The van der Waals surface area contributed by atoms with Crippen molar-refractivity contribution in [2.24, 2.45) is 17.6 Å². The third-order valence-electron chi connectivity index (χ3n) is 4.93. The van der Waals surface area contributed by atoms with Gasteiger partial charge in [0, 0.05) is 6.54 Å². The van der Waals surface area contributed by atoms with E-state index in [1.165, 1.54) is 6.92 Å². The van der Waals surface area contributed by atoms with Crippen LogP contribution in [0.3, 0.4) is 0 Å². The SMILES string of the molecule is CCC(Cc1c(C(F)(F)F)cc(C(F)(F)F)c(C(F)(F)F)c1C(F)(F)F)CC(CN)C(=O)O. The van der Waals surface area contributed by atoms with Gasteiger partial charge in [-0.05, 0) is 30.4 Å². The molecule has 190 valence electrons. The van der Waals surface area contributed by atoms with E-state index in [1.54, 1.807) is 0 Å². The van der Waals surface area contributed by atoms with Crippen molar-refractivity contribution in [3.8, 4) is 0 Å². The van der Waals surface area contributed by atoms with Gasteiger partial charge in [0.1, 0.15) is 0 Å². The average Bonchev–Trinajstić information content (AvgIpc) is 2.60. The normalized spacial score (nSPS) is 15.5. The van der Waals surface area contributed by atoms with E-state index in [2.05, 4.69) is 0 Å². The first kappa shape index (κ1) is 28.8. The van der Waals surface area contributed by atoms with E-state index in [0.29, 0.717) is 0 Å². The average molecular weight is 507 g/mol. The molecule has 1 aromatic rings. The molecule has 1 aromatic carbocycles. The van der Waals surface area contributed by atoms with Gasteiger partial charge in [0.25, 0.3) is 0 Å². The molecule has 0 aliphatic heterocycles. The fourth-order valence-electron chi connectivity index (χ4n) is 3.40. The maximum absolute atomic E-state index is 13.6. The van der Waals surface area contributed by atoms with E-state index in [4.69, 9.17) is 10.8 Å². The van der Waals surface area contributed by atoms with E-state index in [0.717, 1.165) is 0 Å². The first-order valence-electron chi connectivity index (χ1n) is 9.07. The summed E-state index contributed by atoms with van der Waals surface area (Å²) in [5.74, 6) is -4.36. The summed E-state index contributed by atoms with van der Waals surface area (Å²) in [5.41, 5.74) is -8.88. The van der Waals surface area contributed by atoms with Crippen LogP contribution in [0.1, 0.15) is 47.6 Å². The monoisotopic (exact) mass is 507 g/mol. The number of aliphatic carboxylic acids is 1. The molecule has 0 fully saturated rings. The third-order valence-corrected chi connectivity index (χ3v) is 4.93. The van der Waals surface area contributed by atoms with E-state index in [1.807, 2.05) is 0 Å². The molecule has 0 saturated carbocycles. The number of halogens is 12. The molecule has 0 aromatic heterocycles. The number of rotatable bonds is 7. The fourth-order valence-corrected chi connectivity index (χ4v) is 3.40. The van der Waals surface area contributed by atoms with Crippen LogP contribution in [0.4, 0.5) is 52.7 Å².